The van der Waals surface area contributed by atoms with Crippen molar-refractivity contribution in [2.75, 3.05) is 11.9 Å². The minimum absolute atomic E-state index is 0.122. The number of pyridine rings is 1. The van der Waals surface area contributed by atoms with Crippen molar-refractivity contribution in [2.45, 2.75) is 39.3 Å². The summed E-state index contributed by atoms with van der Waals surface area (Å²) in [5.74, 6) is 1.75. The first-order valence-corrected chi connectivity index (χ1v) is 10.3. The van der Waals surface area contributed by atoms with Crippen LogP contribution in [0.3, 0.4) is 0 Å². The SMILES string of the molecule is CC(=O)N1CCc2c(c(Nc3cccc(-c4ccncc4)c3)nn2CC2CC2)C1. The highest BCUT2D eigenvalue weighted by Gasteiger charge is 2.29. The molecule has 1 amide bonds. The van der Waals surface area contributed by atoms with Crippen LogP contribution in [-0.4, -0.2) is 32.1 Å². The van der Waals surface area contributed by atoms with Crippen molar-refractivity contribution in [3.05, 3.63) is 60.0 Å². The van der Waals surface area contributed by atoms with Gasteiger partial charge in [0.25, 0.3) is 0 Å². The van der Waals surface area contributed by atoms with Crippen molar-refractivity contribution in [3.63, 3.8) is 0 Å². The van der Waals surface area contributed by atoms with Gasteiger partial charge in [0.05, 0.1) is 6.54 Å². The summed E-state index contributed by atoms with van der Waals surface area (Å²) in [4.78, 5) is 18.0. The van der Waals surface area contributed by atoms with E-state index in [1.807, 2.05) is 35.5 Å². The minimum Gasteiger partial charge on any atom is -0.338 e. The van der Waals surface area contributed by atoms with Crippen molar-refractivity contribution in [1.82, 2.24) is 19.7 Å². The quantitative estimate of drug-likeness (QED) is 0.719. The van der Waals surface area contributed by atoms with Crippen molar-refractivity contribution in [1.29, 1.82) is 0 Å². The molecule has 2 aliphatic rings. The molecule has 6 nitrogen and oxygen atoms in total. The zero-order chi connectivity index (χ0) is 19.8. The van der Waals surface area contributed by atoms with E-state index < -0.39 is 0 Å². The first kappa shape index (κ1) is 17.9. The maximum Gasteiger partial charge on any atom is 0.219 e. The number of fused-ring (bicyclic) bond motifs is 1. The predicted molar refractivity (Wildman–Crippen MR) is 113 cm³/mol. The molecule has 0 saturated heterocycles. The molecule has 0 unspecified atom stereocenters. The lowest BCUT2D eigenvalue weighted by Crippen LogP contribution is -2.34. The molecule has 29 heavy (non-hydrogen) atoms. The molecule has 3 heterocycles. The van der Waals surface area contributed by atoms with Crippen LogP contribution in [0.2, 0.25) is 0 Å². The van der Waals surface area contributed by atoms with Crippen molar-refractivity contribution >= 4 is 17.4 Å². The molecule has 1 aromatic carbocycles. The molecule has 1 aliphatic heterocycles. The van der Waals surface area contributed by atoms with Crippen LogP contribution in [0, 0.1) is 5.92 Å². The van der Waals surface area contributed by atoms with Gasteiger partial charge in [0.15, 0.2) is 5.82 Å². The molecule has 0 radical (unpaired) electrons. The maximum absolute atomic E-state index is 11.9. The van der Waals surface area contributed by atoms with Gasteiger partial charge in [-0.1, -0.05) is 12.1 Å². The molecule has 6 heteroatoms. The van der Waals surface area contributed by atoms with E-state index in [0.29, 0.717) is 6.54 Å². The van der Waals surface area contributed by atoms with Crippen molar-refractivity contribution in [2.24, 2.45) is 5.92 Å². The fourth-order valence-corrected chi connectivity index (χ4v) is 4.01. The molecule has 1 N–H and O–H groups in total. The Morgan fingerprint density at radius 1 is 1.17 bits per heavy atom. The second-order valence-electron chi connectivity index (χ2n) is 8.03. The number of aromatic nitrogens is 3. The molecular weight excluding hydrogens is 362 g/mol. The predicted octanol–water partition coefficient (Wildman–Crippen LogP) is 4.00. The van der Waals surface area contributed by atoms with Gasteiger partial charge in [-0.25, -0.2) is 0 Å². The molecule has 148 valence electrons. The molecule has 3 aromatic rings. The first-order chi connectivity index (χ1) is 14.2. The lowest BCUT2D eigenvalue weighted by atomic mass is 10.1. The Kier molecular flexibility index (Phi) is 4.54. The Labute approximate surface area is 170 Å². The van der Waals surface area contributed by atoms with Crippen molar-refractivity contribution < 1.29 is 4.79 Å². The summed E-state index contributed by atoms with van der Waals surface area (Å²) in [7, 11) is 0. The van der Waals surface area contributed by atoms with Gasteiger partial charge in [-0.15, -0.1) is 0 Å². The monoisotopic (exact) mass is 387 g/mol. The number of nitrogens with one attached hydrogen (secondary N) is 1. The van der Waals surface area contributed by atoms with Gasteiger partial charge in [0.2, 0.25) is 5.91 Å². The molecule has 5 rings (SSSR count). The van der Waals surface area contributed by atoms with Crippen LogP contribution in [0.4, 0.5) is 11.5 Å². The summed E-state index contributed by atoms with van der Waals surface area (Å²) in [6, 6.07) is 12.4. The Balaban J connectivity index is 1.46. The molecule has 0 spiro atoms. The number of benzene rings is 1. The average Bonchev–Trinajstić information content (AvgIpc) is 3.51. The van der Waals surface area contributed by atoms with Gasteiger partial charge in [-0.05, 0) is 54.2 Å². The smallest absolute Gasteiger partial charge is 0.219 e. The summed E-state index contributed by atoms with van der Waals surface area (Å²) in [5, 5.41) is 8.45. The van der Waals surface area contributed by atoms with E-state index in [1.54, 1.807) is 6.92 Å². The number of rotatable bonds is 5. The Bertz CT molecular complexity index is 1040. The lowest BCUT2D eigenvalue weighted by Gasteiger charge is -2.26. The summed E-state index contributed by atoms with van der Waals surface area (Å²) >= 11 is 0. The van der Waals surface area contributed by atoms with Crippen LogP contribution in [0.5, 0.6) is 0 Å². The number of hydrogen-bond acceptors (Lipinski definition) is 4. The van der Waals surface area contributed by atoms with Gasteiger partial charge in [0, 0.05) is 55.8 Å². The zero-order valence-electron chi connectivity index (χ0n) is 16.6. The molecule has 0 atom stereocenters. The van der Waals surface area contributed by atoms with Crippen LogP contribution < -0.4 is 5.32 Å². The van der Waals surface area contributed by atoms with Crippen molar-refractivity contribution in [3.8, 4) is 11.1 Å². The molecule has 1 saturated carbocycles. The summed E-state index contributed by atoms with van der Waals surface area (Å²) < 4.78 is 2.18. The van der Waals surface area contributed by atoms with Gasteiger partial charge in [-0.2, -0.15) is 5.10 Å². The highest BCUT2D eigenvalue weighted by molar-refractivity contribution is 5.75. The van der Waals surface area contributed by atoms with Gasteiger partial charge >= 0.3 is 0 Å². The van der Waals surface area contributed by atoms with E-state index in [-0.39, 0.29) is 5.91 Å². The topological polar surface area (TPSA) is 63.1 Å². The van der Waals surface area contributed by atoms with Crippen LogP contribution in [0.1, 0.15) is 31.0 Å². The summed E-state index contributed by atoms with van der Waals surface area (Å²) in [6.45, 7) is 4.03. The standard InChI is InChI=1S/C23H25N5O/c1-16(29)27-12-9-22-21(15-27)23(26-28(22)14-17-5-6-17)25-20-4-2-3-19(13-20)18-7-10-24-11-8-18/h2-4,7-8,10-11,13,17H,5-6,9,12,14-15H2,1H3,(H,25,26). The fourth-order valence-electron chi connectivity index (χ4n) is 4.01. The van der Waals surface area contributed by atoms with E-state index in [2.05, 4.69) is 33.2 Å². The van der Waals surface area contributed by atoms with Crippen LogP contribution in [-0.2, 0) is 24.3 Å². The van der Waals surface area contributed by atoms with E-state index in [9.17, 15) is 4.79 Å². The Morgan fingerprint density at radius 3 is 2.76 bits per heavy atom. The highest BCUT2D eigenvalue weighted by atomic mass is 16.2. The van der Waals surface area contributed by atoms with Crippen LogP contribution in [0.25, 0.3) is 11.1 Å². The summed E-state index contributed by atoms with van der Waals surface area (Å²) in [5.41, 5.74) is 5.70. The van der Waals surface area contributed by atoms with E-state index >= 15 is 0 Å². The van der Waals surface area contributed by atoms with E-state index in [4.69, 9.17) is 5.10 Å². The Morgan fingerprint density at radius 2 is 2.00 bits per heavy atom. The fraction of sp³-hybridized carbons (Fsp3) is 0.348. The largest absolute Gasteiger partial charge is 0.338 e. The first-order valence-electron chi connectivity index (χ1n) is 10.3. The molecular formula is C23H25N5O. The second-order valence-corrected chi connectivity index (χ2v) is 8.03. The molecule has 0 bridgehead atoms. The number of amides is 1. The number of hydrogen-bond donors (Lipinski definition) is 1. The third-order valence-corrected chi connectivity index (χ3v) is 5.85. The van der Waals surface area contributed by atoms with Crippen LogP contribution >= 0.6 is 0 Å². The second kappa shape index (κ2) is 7.35. The minimum atomic E-state index is 0.122. The van der Waals surface area contributed by atoms with E-state index in [1.165, 1.54) is 18.5 Å². The third kappa shape index (κ3) is 3.75. The van der Waals surface area contributed by atoms with Gasteiger partial charge < -0.3 is 10.2 Å². The molecule has 1 fully saturated rings. The number of anilines is 2. The van der Waals surface area contributed by atoms with Crippen LogP contribution in [0.15, 0.2) is 48.8 Å². The maximum atomic E-state index is 11.9. The number of carbonyl (C=O) groups excluding carboxylic acids is 1. The third-order valence-electron chi connectivity index (χ3n) is 5.85. The van der Waals surface area contributed by atoms with Gasteiger partial charge in [-0.3, -0.25) is 14.5 Å². The average molecular weight is 387 g/mol. The highest BCUT2D eigenvalue weighted by Crippen LogP contribution is 2.34. The molecule has 2 aromatic heterocycles. The summed E-state index contributed by atoms with van der Waals surface area (Å²) in [6.07, 6.45) is 7.08. The lowest BCUT2D eigenvalue weighted by molar-refractivity contribution is -0.129. The molecule has 1 aliphatic carbocycles. The zero-order valence-corrected chi connectivity index (χ0v) is 16.6. The number of carbonyl (C=O) groups is 1. The normalized spacial score (nSPS) is 15.8. The van der Waals surface area contributed by atoms with Gasteiger partial charge in [0.1, 0.15) is 0 Å². The van der Waals surface area contributed by atoms with E-state index in [0.717, 1.165) is 53.6 Å². The number of nitrogens with zero attached hydrogens (tertiary/aromatic N) is 4. The Hall–Kier alpha value is -3.15.